The molecule has 3 nitrogen and oxygen atoms in total. The first-order valence-electron chi connectivity index (χ1n) is 5.86. The van der Waals surface area contributed by atoms with Crippen LogP contribution in [0.15, 0.2) is 36.5 Å². The zero-order valence-electron chi connectivity index (χ0n) is 10.6. The number of alkyl halides is 3. The topological polar surface area (TPSA) is 48.7 Å². The van der Waals surface area contributed by atoms with Crippen molar-refractivity contribution >= 4 is 17.3 Å². The summed E-state index contributed by atoms with van der Waals surface area (Å²) in [5.74, 6) is 0. The Morgan fingerprint density at radius 2 is 2.05 bits per heavy atom. The van der Waals surface area contributed by atoms with Gasteiger partial charge in [-0.25, -0.2) is 4.98 Å². The van der Waals surface area contributed by atoms with Crippen LogP contribution in [0.2, 0.25) is 5.02 Å². The third-order valence-electron chi connectivity index (χ3n) is 2.71. The highest BCUT2D eigenvalue weighted by atomic mass is 35.5. The zero-order valence-corrected chi connectivity index (χ0v) is 11.3. The molecule has 108 valence electrons. The van der Waals surface area contributed by atoms with Crippen LogP contribution < -0.4 is 5.32 Å². The second-order valence-corrected chi connectivity index (χ2v) is 4.64. The summed E-state index contributed by atoms with van der Waals surface area (Å²) < 4.78 is 38.1. The predicted octanol–water partition coefficient (Wildman–Crippen LogP) is 4.24. The summed E-state index contributed by atoms with van der Waals surface area (Å²) in [7, 11) is 0. The summed E-state index contributed by atoms with van der Waals surface area (Å²) >= 11 is 5.69. The Balaban J connectivity index is 2.21. The van der Waals surface area contributed by atoms with Crippen molar-refractivity contribution in [1.82, 2.24) is 4.98 Å². The molecule has 0 saturated heterocycles. The van der Waals surface area contributed by atoms with E-state index in [1.165, 1.54) is 12.3 Å². The second kappa shape index (κ2) is 6.02. The van der Waals surface area contributed by atoms with Gasteiger partial charge in [0, 0.05) is 29.0 Å². The van der Waals surface area contributed by atoms with Crippen LogP contribution in [0.3, 0.4) is 0 Å². The molecule has 2 rings (SSSR count). The van der Waals surface area contributed by atoms with Gasteiger partial charge in [-0.3, -0.25) is 0 Å². The normalized spacial score (nSPS) is 11.0. The van der Waals surface area contributed by atoms with Crippen LogP contribution >= 0.6 is 11.6 Å². The number of halogens is 4. The standard InChI is InChI=1S/C14H9ClF3N3/c15-11-4-10(14(16,17)18)5-12(6-11)21-8-9-2-1-3-20-13(9)7-19/h1-6,21H,8H2. The average Bonchev–Trinajstić information content (AvgIpc) is 2.44. The van der Waals surface area contributed by atoms with Crippen LogP contribution in [0.1, 0.15) is 16.8 Å². The molecule has 0 saturated carbocycles. The van der Waals surface area contributed by atoms with Crippen molar-refractivity contribution in [2.75, 3.05) is 5.32 Å². The Morgan fingerprint density at radius 1 is 1.29 bits per heavy atom. The van der Waals surface area contributed by atoms with Crippen molar-refractivity contribution in [1.29, 1.82) is 5.26 Å². The van der Waals surface area contributed by atoms with Crippen molar-refractivity contribution in [2.45, 2.75) is 12.7 Å². The summed E-state index contributed by atoms with van der Waals surface area (Å²) in [6, 6.07) is 8.46. The van der Waals surface area contributed by atoms with E-state index in [2.05, 4.69) is 10.3 Å². The maximum atomic E-state index is 12.7. The lowest BCUT2D eigenvalue weighted by molar-refractivity contribution is -0.137. The number of hydrogen-bond donors (Lipinski definition) is 1. The molecule has 0 spiro atoms. The van der Waals surface area contributed by atoms with Crippen molar-refractivity contribution in [3.05, 3.63) is 58.4 Å². The van der Waals surface area contributed by atoms with Crippen LogP contribution in [0, 0.1) is 11.3 Å². The van der Waals surface area contributed by atoms with Crippen molar-refractivity contribution < 1.29 is 13.2 Å². The highest BCUT2D eigenvalue weighted by Gasteiger charge is 2.31. The van der Waals surface area contributed by atoms with E-state index in [1.807, 2.05) is 6.07 Å². The Kier molecular flexibility index (Phi) is 4.34. The second-order valence-electron chi connectivity index (χ2n) is 4.20. The molecule has 1 aromatic heterocycles. The first-order chi connectivity index (χ1) is 9.90. The molecular weight excluding hydrogens is 303 g/mol. The summed E-state index contributed by atoms with van der Waals surface area (Å²) in [5.41, 5.74) is 0.211. The zero-order chi connectivity index (χ0) is 15.5. The molecular formula is C14H9ClF3N3. The molecule has 0 bridgehead atoms. The first-order valence-corrected chi connectivity index (χ1v) is 6.23. The highest BCUT2D eigenvalue weighted by molar-refractivity contribution is 6.30. The Bertz CT molecular complexity index is 693. The van der Waals surface area contributed by atoms with Crippen LogP contribution in [0.5, 0.6) is 0 Å². The monoisotopic (exact) mass is 311 g/mol. The molecule has 0 aliphatic carbocycles. The molecule has 21 heavy (non-hydrogen) atoms. The fourth-order valence-corrected chi connectivity index (χ4v) is 1.97. The lowest BCUT2D eigenvalue weighted by atomic mass is 10.1. The molecule has 0 radical (unpaired) electrons. The summed E-state index contributed by atoms with van der Waals surface area (Å²) in [5, 5.41) is 11.7. The van der Waals surface area contributed by atoms with Gasteiger partial charge < -0.3 is 5.32 Å². The lowest BCUT2D eigenvalue weighted by Crippen LogP contribution is -2.07. The van der Waals surface area contributed by atoms with Crippen molar-refractivity contribution in [3.63, 3.8) is 0 Å². The Hall–Kier alpha value is -2.26. The number of rotatable bonds is 3. The highest BCUT2D eigenvalue weighted by Crippen LogP contribution is 2.33. The molecule has 0 aliphatic heterocycles. The van der Waals surface area contributed by atoms with Crippen LogP contribution in [0.4, 0.5) is 18.9 Å². The van der Waals surface area contributed by atoms with Gasteiger partial charge in [0.25, 0.3) is 0 Å². The third-order valence-corrected chi connectivity index (χ3v) is 2.92. The number of hydrogen-bond acceptors (Lipinski definition) is 3. The van der Waals surface area contributed by atoms with Gasteiger partial charge in [-0.2, -0.15) is 18.4 Å². The fourth-order valence-electron chi connectivity index (χ4n) is 1.73. The van der Waals surface area contributed by atoms with Crippen molar-refractivity contribution in [2.24, 2.45) is 0 Å². The molecule has 0 fully saturated rings. The number of nitrogens with one attached hydrogen (secondary N) is 1. The van der Waals surface area contributed by atoms with E-state index < -0.39 is 11.7 Å². The average molecular weight is 312 g/mol. The molecule has 0 atom stereocenters. The maximum absolute atomic E-state index is 12.7. The SMILES string of the molecule is N#Cc1ncccc1CNc1cc(Cl)cc(C(F)(F)F)c1. The molecule has 1 N–H and O–H groups in total. The molecule has 7 heteroatoms. The summed E-state index contributed by atoms with van der Waals surface area (Å²) in [6.07, 6.45) is -2.99. The number of nitriles is 1. The largest absolute Gasteiger partial charge is 0.416 e. The number of pyridine rings is 1. The minimum absolute atomic E-state index is 0.0148. The number of nitrogens with zero attached hydrogens (tertiary/aromatic N) is 2. The van der Waals surface area contributed by atoms with E-state index in [1.54, 1.807) is 12.1 Å². The van der Waals surface area contributed by atoms with E-state index in [-0.39, 0.29) is 22.9 Å². The van der Waals surface area contributed by atoms with Gasteiger partial charge in [-0.05, 0) is 24.3 Å². The maximum Gasteiger partial charge on any atom is 0.416 e. The van der Waals surface area contributed by atoms with Crippen LogP contribution in [-0.2, 0) is 12.7 Å². The minimum Gasteiger partial charge on any atom is -0.381 e. The number of anilines is 1. The van der Waals surface area contributed by atoms with Gasteiger partial charge in [0.15, 0.2) is 0 Å². The van der Waals surface area contributed by atoms with E-state index in [4.69, 9.17) is 16.9 Å². The van der Waals surface area contributed by atoms with E-state index >= 15 is 0 Å². The van der Waals surface area contributed by atoms with Gasteiger partial charge in [-0.1, -0.05) is 17.7 Å². The van der Waals surface area contributed by atoms with E-state index in [9.17, 15) is 13.2 Å². The van der Waals surface area contributed by atoms with Gasteiger partial charge in [0.05, 0.1) is 5.56 Å². The van der Waals surface area contributed by atoms with E-state index in [0.717, 1.165) is 12.1 Å². The molecule has 1 heterocycles. The third kappa shape index (κ3) is 3.86. The smallest absolute Gasteiger partial charge is 0.381 e. The minimum atomic E-state index is -4.46. The number of aromatic nitrogens is 1. The van der Waals surface area contributed by atoms with Crippen LogP contribution in [0.25, 0.3) is 0 Å². The summed E-state index contributed by atoms with van der Waals surface area (Å²) in [4.78, 5) is 3.88. The predicted molar refractivity (Wildman–Crippen MR) is 72.7 cm³/mol. The molecule has 0 amide bonds. The van der Waals surface area contributed by atoms with E-state index in [0.29, 0.717) is 5.56 Å². The molecule has 2 aromatic rings. The first kappa shape index (κ1) is 15.1. The van der Waals surface area contributed by atoms with Gasteiger partial charge >= 0.3 is 6.18 Å². The summed E-state index contributed by atoms with van der Waals surface area (Å²) in [6.45, 7) is 0.175. The van der Waals surface area contributed by atoms with Gasteiger partial charge in [-0.15, -0.1) is 0 Å². The molecule has 1 aromatic carbocycles. The molecule has 0 aliphatic rings. The number of benzene rings is 1. The fraction of sp³-hybridized carbons (Fsp3) is 0.143. The quantitative estimate of drug-likeness (QED) is 0.922. The van der Waals surface area contributed by atoms with Gasteiger partial charge in [0.1, 0.15) is 11.8 Å². The Labute approximate surface area is 124 Å². The lowest BCUT2D eigenvalue weighted by Gasteiger charge is -2.12. The Morgan fingerprint density at radius 3 is 2.71 bits per heavy atom. The van der Waals surface area contributed by atoms with Gasteiger partial charge in [0.2, 0.25) is 0 Å². The van der Waals surface area contributed by atoms with Crippen molar-refractivity contribution in [3.8, 4) is 6.07 Å². The van der Waals surface area contributed by atoms with Crippen LogP contribution in [-0.4, -0.2) is 4.98 Å². The molecule has 0 unspecified atom stereocenters.